The maximum absolute atomic E-state index is 13.9. The summed E-state index contributed by atoms with van der Waals surface area (Å²) in [6.07, 6.45) is 1.81. The lowest BCUT2D eigenvalue weighted by molar-refractivity contribution is 0.629. The zero-order valence-corrected chi connectivity index (χ0v) is 16.5. The molecule has 0 aliphatic rings. The minimum absolute atomic E-state index is 0.297. The maximum Gasteiger partial charge on any atom is 0.288 e. The summed E-state index contributed by atoms with van der Waals surface area (Å²) in [5, 5.41) is 25.2. The molecule has 0 saturated heterocycles. The molecule has 8 nitrogen and oxygen atoms in total. The van der Waals surface area contributed by atoms with Crippen molar-refractivity contribution >= 4 is 21.8 Å². The summed E-state index contributed by atoms with van der Waals surface area (Å²) in [6.45, 7) is 2.58. The van der Waals surface area contributed by atoms with E-state index in [1.807, 2.05) is 22.9 Å². The van der Waals surface area contributed by atoms with E-state index in [1.165, 1.54) is 12.1 Å². The highest BCUT2D eigenvalue weighted by Gasteiger charge is 2.18. The molecule has 5 rings (SSSR count). The van der Waals surface area contributed by atoms with Crippen LogP contribution in [0.2, 0.25) is 0 Å². The van der Waals surface area contributed by atoms with Gasteiger partial charge in [0.05, 0.1) is 36.6 Å². The van der Waals surface area contributed by atoms with Crippen LogP contribution in [0.4, 0.5) is 4.39 Å². The molecule has 0 spiro atoms. The molecular formula is C22H16FN7O. The fraction of sp³-hybridized carbons (Fsp3) is 0.136. The van der Waals surface area contributed by atoms with Crippen molar-refractivity contribution in [2.45, 2.75) is 20.0 Å². The van der Waals surface area contributed by atoms with Gasteiger partial charge in [-0.3, -0.25) is 4.79 Å². The molecule has 2 aromatic carbocycles. The smallest absolute Gasteiger partial charge is 0.288 e. The van der Waals surface area contributed by atoms with Crippen LogP contribution in [0, 0.1) is 24.1 Å². The summed E-state index contributed by atoms with van der Waals surface area (Å²) in [5.74, 6) is -0.375. The Morgan fingerprint density at radius 3 is 2.74 bits per heavy atom. The predicted molar refractivity (Wildman–Crippen MR) is 112 cm³/mol. The molecule has 0 unspecified atom stereocenters. The Kier molecular flexibility index (Phi) is 4.33. The van der Waals surface area contributed by atoms with E-state index in [-0.39, 0.29) is 11.4 Å². The normalized spacial score (nSPS) is 11.3. The van der Waals surface area contributed by atoms with Gasteiger partial charge in [-0.15, -0.1) is 5.10 Å². The Hall–Kier alpha value is -4.32. The van der Waals surface area contributed by atoms with Crippen molar-refractivity contribution in [1.82, 2.24) is 29.8 Å². The topological polar surface area (TPSA) is 105 Å². The van der Waals surface area contributed by atoms with Gasteiger partial charge in [0.1, 0.15) is 17.0 Å². The Morgan fingerprint density at radius 1 is 1.16 bits per heavy atom. The van der Waals surface area contributed by atoms with Gasteiger partial charge >= 0.3 is 0 Å². The third-order valence-corrected chi connectivity index (χ3v) is 5.26. The van der Waals surface area contributed by atoms with E-state index in [2.05, 4.69) is 26.6 Å². The van der Waals surface area contributed by atoms with E-state index in [0.717, 1.165) is 11.1 Å². The summed E-state index contributed by atoms with van der Waals surface area (Å²) < 4.78 is 17.4. The lowest BCUT2D eigenvalue weighted by Gasteiger charge is -2.04. The van der Waals surface area contributed by atoms with Crippen LogP contribution in [0.3, 0.4) is 0 Å². The molecule has 0 aliphatic carbocycles. The standard InChI is InChI=1S/C22H16FN7O/c1-13-20-18-8-16(23)6-7-19(18)30(21(20)22(31)27-25-13)12-17-11-29(28-26-17)10-15-4-2-14(9-24)3-5-15/h2-8,11H,10,12H2,1H3,(H,27,31). The molecule has 3 heterocycles. The quantitative estimate of drug-likeness (QED) is 0.488. The number of aromatic nitrogens is 6. The molecule has 0 radical (unpaired) electrons. The molecule has 9 heteroatoms. The number of rotatable bonds is 4. The van der Waals surface area contributed by atoms with E-state index in [9.17, 15) is 9.18 Å². The summed E-state index contributed by atoms with van der Waals surface area (Å²) in [7, 11) is 0. The number of benzene rings is 2. The molecule has 152 valence electrons. The molecule has 0 saturated carbocycles. The maximum atomic E-state index is 13.9. The number of nitrogens with one attached hydrogen (secondary N) is 1. The van der Waals surface area contributed by atoms with Gasteiger partial charge in [0.2, 0.25) is 0 Å². The number of H-pyrrole nitrogens is 1. The van der Waals surface area contributed by atoms with Crippen molar-refractivity contribution in [3.63, 3.8) is 0 Å². The molecule has 5 aromatic rings. The predicted octanol–water partition coefficient (Wildman–Crippen LogP) is 2.89. The molecule has 3 aromatic heterocycles. The van der Waals surface area contributed by atoms with Gasteiger partial charge in [-0.2, -0.15) is 10.4 Å². The largest absolute Gasteiger partial charge is 0.330 e. The minimum Gasteiger partial charge on any atom is -0.330 e. The van der Waals surface area contributed by atoms with Crippen molar-refractivity contribution in [1.29, 1.82) is 5.26 Å². The Balaban J connectivity index is 1.54. The summed E-state index contributed by atoms with van der Waals surface area (Å²) in [6, 6.07) is 13.8. The third kappa shape index (κ3) is 3.24. The fourth-order valence-corrected chi connectivity index (χ4v) is 3.86. The zero-order valence-electron chi connectivity index (χ0n) is 16.5. The van der Waals surface area contributed by atoms with Crippen molar-refractivity contribution in [3.05, 3.63) is 87.3 Å². The van der Waals surface area contributed by atoms with Crippen LogP contribution in [0.15, 0.2) is 53.5 Å². The molecule has 1 N–H and O–H groups in total. The molecule has 0 atom stereocenters. The monoisotopic (exact) mass is 413 g/mol. The van der Waals surface area contributed by atoms with Gasteiger partial charge in [0, 0.05) is 16.3 Å². The summed E-state index contributed by atoms with van der Waals surface area (Å²) in [4.78, 5) is 12.6. The van der Waals surface area contributed by atoms with Crippen LogP contribution in [0.5, 0.6) is 0 Å². The summed E-state index contributed by atoms with van der Waals surface area (Å²) in [5.41, 5.74) is 3.66. The second-order valence-electron chi connectivity index (χ2n) is 7.33. The third-order valence-electron chi connectivity index (χ3n) is 5.26. The first-order valence-electron chi connectivity index (χ1n) is 9.58. The number of hydrogen-bond acceptors (Lipinski definition) is 5. The van der Waals surface area contributed by atoms with Gasteiger partial charge in [0.15, 0.2) is 0 Å². The zero-order chi connectivity index (χ0) is 21.5. The first kappa shape index (κ1) is 18.7. The number of aryl methyl sites for hydroxylation is 1. The number of hydrogen-bond donors (Lipinski definition) is 1. The molecule has 0 bridgehead atoms. The Morgan fingerprint density at radius 2 is 1.97 bits per heavy atom. The molecule has 0 aliphatic heterocycles. The van der Waals surface area contributed by atoms with Gasteiger partial charge in [-0.05, 0) is 42.8 Å². The number of halogens is 1. The first-order valence-corrected chi connectivity index (χ1v) is 9.58. The second-order valence-corrected chi connectivity index (χ2v) is 7.33. The average molecular weight is 413 g/mol. The average Bonchev–Trinajstić information content (AvgIpc) is 3.34. The van der Waals surface area contributed by atoms with Gasteiger partial charge < -0.3 is 4.57 Å². The van der Waals surface area contributed by atoms with Gasteiger partial charge in [-0.1, -0.05) is 17.3 Å². The molecule has 31 heavy (non-hydrogen) atoms. The van der Waals surface area contributed by atoms with E-state index in [4.69, 9.17) is 5.26 Å². The molecule has 0 amide bonds. The highest BCUT2D eigenvalue weighted by atomic mass is 19.1. The van der Waals surface area contributed by atoms with E-state index < -0.39 is 0 Å². The fourth-order valence-electron chi connectivity index (χ4n) is 3.86. The number of fused-ring (bicyclic) bond motifs is 3. The van der Waals surface area contributed by atoms with Crippen LogP contribution in [-0.4, -0.2) is 29.8 Å². The molecule has 0 fully saturated rings. The van der Waals surface area contributed by atoms with E-state index >= 15 is 0 Å². The van der Waals surface area contributed by atoms with Crippen LogP contribution in [0.1, 0.15) is 22.5 Å². The lowest BCUT2D eigenvalue weighted by atomic mass is 10.1. The summed E-state index contributed by atoms with van der Waals surface area (Å²) >= 11 is 0. The van der Waals surface area contributed by atoms with E-state index in [0.29, 0.717) is 46.3 Å². The number of nitrogens with zero attached hydrogens (tertiary/aromatic N) is 6. The minimum atomic E-state index is -0.375. The van der Waals surface area contributed by atoms with Gasteiger partial charge in [0.25, 0.3) is 5.56 Å². The van der Waals surface area contributed by atoms with Crippen LogP contribution >= 0.6 is 0 Å². The number of aromatic amines is 1. The Bertz CT molecular complexity index is 1540. The van der Waals surface area contributed by atoms with Gasteiger partial charge in [-0.25, -0.2) is 14.2 Å². The van der Waals surface area contributed by atoms with E-state index in [1.54, 1.807) is 29.8 Å². The second kappa shape index (κ2) is 7.18. The molecular weight excluding hydrogens is 397 g/mol. The Labute approximate surface area is 175 Å². The highest BCUT2D eigenvalue weighted by molar-refractivity contribution is 6.08. The number of nitriles is 1. The van der Waals surface area contributed by atoms with Crippen LogP contribution < -0.4 is 5.56 Å². The van der Waals surface area contributed by atoms with Crippen LogP contribution in [-0.2, 0) is 13.1 Å². The lowest BCUT2D eigenvalue weighted by Crippen LogP contribution is -2.14. The van der Waals surface area contributed by atoms with Crippen LogP contribution in [0.25, 0.3) is 21.8 Å². The van der Waals surface area contributed by atoms with Crippen molar-refractivity contribution in [3.8, 4) is 6.07 Å². The van der Waals surface area contributed by atoms with Crippen molar-refractivity contribution < 1.29 is 4.39 Å². The van der Waals surface area contributed by atoms with Crippen molar-refractivity contribution in [2.75, 3.05) is 0 Å². The highest BCUT2D eigenvalue weighted by Crippen LogP contribution is 2.29. The first-order chi connectivity index (χ1) is 15.0. The SMILES string of the molecule is Cc1n[nH]c(=O)c2c1c1cc(F)ccc1n2Cc1cn(Cc2ccc(C#N)cc2)nn1. The van der Waals surface area contributed by atoms with Crippen molar-refractivity contribution in [2.24, 2.45) is 0 Å².